The molecule has 1 amide bonds. The maximum atomic E-state index is 12.1. The molecule has 0 fully saturated rings. The second kappa shape index (κ2) is 8.96. The van der Waals surface area contributed by atoms with Crippen LogP contribution >= 0.6 is 0 Å². The van der Waals surface area contributed by atoms with Crippen molar-refractivity contribution in [3.8, 4) is 0 Å². The van der Waals surface area contributed by atoms with Gasteiger partial charge in [0.2, 0.25) is 0 Å². The van der Waals surface area contributed by atoms with Crippen molar-refractivity contribution in [3.63, 3.8) is 0 Å². The molecule has 0 unspecified atom stereocenters. The lowest BCUT2D eigenvalue weighted by molar-refractivity contribution is -0.671. The summed E-state index contributed by atoms with van der Waals surface area (Å²) < 4.78 is 1.84. The smallest absolute Gasteiger partial charge is 0.267 e. The van der Waals surface area contributed by atoms with Gasteiger partial charge in [-0.15, -0.1) is 0 Å². The zero-order valence-electron chi connectivity index (χ0n) is 14.7. The lowest BCUT2D eigenvalue weighted by Crippen LogP contribution is -2.30. The molecule has 0 saturated heterocycles. The van der Waals surface area contributed by atoms with E-state index in [0.717, 1.165) is 17.7 Å². The predicted molar refractivity (Wildman–Crippen MR) is 97.0 cm³/mol. The highest BCUT2D eigenvalue weighted by molar-refractivity contribution is 6.00. The van der Waals surface area contributed by atoms with Crippen molar-refractivity contribution in [2.24, 2.45) is 12.1 Å². The van der Waals surface area contributed by atoms with E-state index in [-0.39, 0.29) is 5.91 Å². The number of pyridine rings is 1. The van der Waals surface area contributed by atoms with Crippen molar-refractivity contribution in [3.05, 3.63) is 65.5 Å². The summed E-state index contributed by atoms with van der Waals surface area (Å²) in [6.07, 6.45) is 8.51. The number of nitrogens with one attached hydrogen (secondary N) is 1. The van der Waals surface area contributed by atoms with Gasteiger partial charge in [0.1, 0.15) is 12.6 Å². The molecule has 4 nitrogen and oxygen atoms in total. The summed E-state index contributed by atoms with van der Waals surface area (Å²) in [5.41, 5.74) is 6.37. The van der Waals surface area contributed by atoms with E-state index in [4.69, 9.17) is 0 Å². The van der Waals surface area contributed by atoms with Crippen molar-refractivity contribution in [1.82, 2.24) is 5.43 Å². The molecule has 0 aliphatic carbocycles. The Morgan fingerprint density at radius 2 is 1.88 bits per heavy atom. The summed E-state index contributed by atoms with van der Waals surface area (Å²) >= 11 is 0. The van der Waals surface area contributed by atoms with E-state index in [1.807, 2.05) is 30.8 Å². The third kappa shape index (κ3) is 5.30. The van der Waals surface area contributed by atoms with E-state index >= 15 is 0 Å². The summed E-state index contributed by atoms with van der Waals surface area (Å²) in [5.74, 6) is -0.207. The Labute approximate surface area is 144 Å². The molecular formula is C20H26N3O+. The SMILES string of the molecule is CCCCCc1ccc(/C(C)=N/NC(=O)c2ccc[n+](C)c2)cc1. The maximum absolute atomic E-state index is 12.1. The number of hydrogen-bond acceptors (Lipinski definition) is 2. The average molecular weight is 324 g/mol. The van der Waals surface area contributed by atoms with Gasteiger partial charge in [0.25, 0.3) is 5.91 Å². The van der Waals surface area contributed by atoms with Crippen LogP contribution in [-0.2, 0) is 13.5 Å². The first kappa shape index (κ1) is 17.9. The van der Waals surface area contributed by atoms with Crippen LogP contribution in [0.1, 0.15) is 54.6 Å². The molecule has 126 valence electrons. The number of aromatic nitrogens is 1. The molecule has 0 bridgehead atoms. The minimum Gasteiger partial charge on any atom is -0.267 e. The van der Waals surface area contributed by atoms with Crippen LogP contribution < -0.4 is 9.99 Å². The molecule has 4 heteroatoms. The van der Waals surface area contributed by atoms with Crippen LogP contribution in [0, 0.1) is 0 Å². The second-order valence-corrected chi connectivity index (χ2v) is 6.05. The van der Waals surface area contributed by atoms with Gasteiger partial charge in [0.15, 0.2) is 12.4 Å². The number of hydrazone groups is 1. The summed E-state index contributed by atoms with van der Waals surface area (Å²) in [7, 11) is 1.88. The van der Waals surface area contributed by atoms with E-state index < -0.39 is 0 Å². The predicted octanol–water partition coefficient (Wildman–Crippen LogP) is 3.40. The highest BCUT2D eigenvalue weighted by atomic mass is 16.2. The van der Waals surface area contributed by atoms with Gasteiger partial charge >= 0.3 is 0 Å². The van der Waals surface area contributed by atoms with Gasteiger partial charge in [0.05, 0.1) is 5.71 Å². The quantitative estimate of drug-likeness (QED) is 0.361. The van der Waals surface area contributed by atoms with Gasteiger partial charge in [-0.3, -0.25) is 4.79 Å². The first-order chi connectivity index (χ1) is 11.6. The Bertz CT molecular complexity index is 705. The molecular weight excluding hydrogens is 298 g/mol. The van der Waals surface area contributed by atoms with E-state index in [9.17, 15) is 4.79 Å². The Hall–Kier alpha value is -2.49. The van der Waals surface area contributed by atoms with Crippen molar-refractivity contribution < 1.29 is 9.36 Å². The van der Waals surface area contributed by atoms with Gasteiger partial charge in [-0.1, -0.05) is 44.0 Å². The van der Waals surface area contributed by atoms with Gasteiger partial charge in [-0.25, -0.2) is 9.99 Å². The molecule has 0 aliphatic rings. The minimum absolute atomic E-state index is 0.207. The first-order valence-electron chi connectivity index (χ1n) is 8.49. The first-order valence-corrected chi connectivity index (χ1v) is 8.49. The topological polar surface area (TPSA) is 45.3 Å². The summed E-state index contributed by atoms with van der Waals surface area (Å²) in [5, 5.41) is 4.21. The molecule has 0 saturated carbocycles. The number of carbonyl (C=O) groups excluding carboxylic acids is 1. The van der Waals surface area contributed by atoms with Crippen LogP contribution in [0.25, 0.3) is 0 Å². The third-order valence-corrected chi connectivity index (χ3v) is 3.97. The fourth-order valence-corrected chi connectivity index (χ4v) is 2.48. The van der Waals surface area contributed by atoms with Gasteiger partial charge in [-0.2, -0.15) is 5.10 Å². The van der Waals surface area contributed by atoms with Crippen LogP contribution in [0.4, 0.5) is 0 Å². The average Bonchev–Trinajstić information content (AvgIpc) is 2.60. The van der Waals surface area contributed by atoms with Crippen LogP contribution in [0.15, 0.2) is 53.9 Å². The molecule has 1 heterocycles. The summed E-state index contributed by atoms with van der Waals surface area (Å²) in [4.78, 5) is 12.1. The van der Waals surface area contributed by atoms with Gasteiger partial charge < -0.3 is 0 Å². The van der Waals surface area contributed by atoms with Gasteiger partial charge in [0, 0.05) is 6.07 Å². The van der Waals surface area contributed by atoms with Crippen molar-refractivity contribution >= 4 is 11.6 Å². The summed E-state index contributed by atoms with van der Waals surface area (Å²) in [6.45, 7) is 4.12. The lowest BCUT2D eigenvalue weighted by Gasteiger charge is -2.05. The Morgan fingerprint density at radius 1 is 1.12 bits per heavy atom. The molecule has 1 N–H and O–H groups in total. The Kier molecular flexibility index (Phi) is 6.67. The molecule has 1 aromatic carbocycles. The van der Waals surface area contributed by atoms with Crippen LogP contribution in [0.5, 0.6) is 0 Å². The number of carbonyl (C=O) groups is 1. The monoisotopic (exact) mass is 324 g/mol. The normalized spacial score (nSPS) is 11.4. The number of rotatable bonds is 7. The lowest BCUT2D eigenvalue weighted by atomic mass is 10.0. The number of hydrogen-bond donors (Lipinski definition) is 1. The molecule has 2 aromatic rings. The van der Waals surface area contributed by atoms with Crippen molar-refractivity contribution in [2.45, 2.75) is 39.5 Å². The molecule has 24 heavy (non-hydrogen) atoms. The van der Waals surface area contributed by atoms with E-state index in [1.54, 1.807) is 12.3 Å². The standard InChI is InChI=1S/C20H25N3O/c1-4-5-6-8-17-10-12-18(13-11-17)16(2)21-22-20(24)19-9-7-14-23(3)15-19/h7,9-15H,4-6,8H2,1-3H3/p+1/b21-16+. The van der Waals surface area contributed by atoms with Gasteiger partial charge in [-0.05, 0) is 37.0 Å². The molecule has 2 rings (SSSR count). The van der Waals surface area contributed by atoms with Crippen LogP contribution in [0.2, 0.25) is 0 Å². The number of unbranched alkanes of at least 4 members (excludes halogenated alkanes) is 2. The van der Waals surface area contributed by atoms with E-state index in [2.05, 4.69) is 41.7 Å². The Balaban J connectivity index is 1.96. The second-order valence-electron chi connectivity index (χ2n) is 6.05. The number of nitrogens with zero attached hydrogens (tertiary/aromatic N) is 2. The fourth-order valence-electron chi connectivity index (χ4n) is 2.48. The number of aryl methyl sites for hydroxylation is 2. The number of benzene rings is 1. The molecule has 1 aromatic heterocycles. The number of amides is 1. The molecule has 0 radical (unpaired) electrons. The third-order valence-electron chi connectivity index (χ3n) is 3.97. The Morgan fingerprint density at radius 3 is 2.54 bits per heavy atom. The van der Waals surface area contributed by atoms with Crippen molar-refractivity contribution in [1.29, 1.82) is 0 Å². The van der Waals surface area contributed by atoms with Crippen LogP contribution in [0.3, 0.4) is 0 Å². The summed E-state index contributed by atoms with van der Waals surface area (Å²) in [6, 6.07) is 12.0. The highest BCUT2D eigenvalue weighted by Gasteiger charge is 2.08. The van der Waals surface area contributed by atoms with Crippen LogP contribution in [-0.4, -0.2) is 11.6 Å². The van der Waals surface area contributed by atoms with E-state index in [0.29, 0.717) is 5.56 Å². The van der Waals surface area contributed by atoms with E-state index in [1.165, 1.54) is 24.8 Å². The maximum Gasteiger partial charge on any atom is 0.277 e. The zero-order valence-corrected chi connectivity index (χ0v) is 14.7. The highest BCUT2D eigenvalue weighted by Crippen LogP contribution is 2.09. The molecule has 0 aliphatic heterocycles. The van der Waals surface area contributed by atoms with Crippen molar-refractivity contribution in [2.75, 3.05) is 0 Å². The largest absolute Gasteiger partial charge is 0.277 e. The fraction of sp³-hybridized carbons (Fsp3) is 0.350. The molecule has 0 spiro atoms. The molecule has 0 atom stereocenters. The zero-order chi connectivity index (χ0) is 17.4. The minimum atomic E-state index is -0.207.